The van der Waals surface area contributed by atoms with Crippen molar-refractivity contribution in [1.29, 1.82) is 0 Å². The lowest BCUT2D eigenvalue weighted by Gasteiger charge is -2.14. The maximum Gasteiger partial charge on any atom is 0.242 e. The van der Waals surface area contributed by atoms with Gasteiger partial charge in [0.05, 0.1) is 0 Å². The zero-order chi connectivity index (χ0) is 13.6. The van der Waals surface area contributed by atoms with Crippen LogP contribution in [0, 0.1) is 5.92 Å². The van der Waals surface area contributed by atoms with Crippen molar-refractivity contribution in [2.24, 2.45) is 5.92 Å². The molecule has 4 N–H and O–H groups in total. The number of aliphatic hydroxyl groups excluding tert-OH is 1. The molecule has 7 heteroatoms. The number of hydrogen-bond donors (Lipinski definition) is 3. The van der Waals surface area contributed by atoms with Crippen molar-refractivity contribution in [2.75, 3.05) is 18.9 Å². The Labute approximate surface area is 107 Å². The lowest BCUT2D eigenvalue weighted by molar-refractivity contribution is 0.254. The van der Waals surface area contributed by atoms with E-state index in [1.807, 2.05) is 6.92 Å². The van der Waals surface area contributed by atoms with E-state index in [2.05, 4.69) is 9.71 Å². The van der Waals surface area contributed by atoms with E-state index >= 15 is 0 Å². The number of hydrogen-bond acceptors (Lipinski definition) is 5. The summed E-state index contributed by atoms with van der Waals surface area (Å²) in [5.74, 6) is 0.409. The molecule has 0 amide bonds. The van der Waals surface area contributed by atoms with Crippen LogP contribution in [0.25, 0.3) is 0 Å². The molecular weight excluding hydrogens is 254 g/mol. The van der Waals surface area contributed by atoms with E-state index in [1.54, 1.807) is 0 Å². The summed E-state index contributed by atoms with van der Waals surface area (Å²) in [7, 11) is -3.55. The number of nitrogen functional groups attached to an aromatic ring is 1. The summed E-state index contributed by atoms with van der Waals surface area (Å²) in [5.41, 5.74) is 5.40. The first-order chi connectivity index (χ1) is 8.49. The molecule has 0 aliphatic heterocycles. The minimum Gasteiger partial charge on any atom is -0.396 e. The topological polar surface area (TPSA) is 105 Å². The molecular formula is C11H19N3O3S. The van der Waals surface area contributed by atoms with Crippen molar-refractivity contribution >= 4 is 15.8 Å². The van der Waals surface area contributed by atoms with Crippen LogP contribution in [0.2, 0.25) is 0 Å². The van der Waals surface area contributed by atoms with E-state index in [-0.39, 0.29) is 23.2 Å². The molecule has 0 bridgehead atoms. The van der Waals surface area contributed by atoms with Gasteiger partial charge in [-0.3, -0.25) is 0 Å². The minimum absolute atomic E-state index is 0.0592. The maximum absolute atomic E-state index is 11.9. The molecule has 1 rings (SSSR count). The molecule has 1 atom stereocenters. The Morgan fingerprint density at radius 3 is 2.72 bits per heavy atom. The highest BCUT2D eigenvalue weighted by molar-refractivity contribution is 7.89. The highest BCUT2D eigenvalue weighted by atomic mass is 32.2. The quantitative estimate of drug-likeness (QED) is 0.665. The largest absolute Gasteiger partial charge is 0.396 e. The van der Waals surface area contributed by atoms with Gasteiger partial charge in [0.25, 0.3) is 0 Å². The summed E-state index contributed by atoms with van der Waals surface area (Å²) in [6.45, 7) is 2.33. The molecule has 0 aliphatic carbocycles. The molecule has 0 saturated heterocycles. The van der Waals surface area contributed by atoms with Gasteiger partial charge in [0.15, 0.2) is 0 Å². The summed E-state index contributed by atoms with van der Waals surface area (Å²) in [6, 6.07) is 2.86. The average Bonchev–Trinajstić information content (AvgIpc) is 2.35. The van der Waals surface area contributed by atoms with Gasteiger partial charge in [-0.2, -0.15) is 0 Å². The van der Waals surface area contributed by atoms with E-state index in [1.165, 1.54) is 18.3 Å². The first-order valence-corrected chi connectivity index (χ1v) is 7.30. The molecule has 102 valence electrons. The van der Waals surface area contributed by atoms with Gasteiger partial charge in [-0.25, -0.2) is 18.1 Å². The Kier molecular flexibility index (Phi) is 5.52. The smallest absolute Gasteiger partial charge is 0.242 e. The first kappa shape index (κ1) is 14.9. The Bertz CT molecular complexity index is 459. The average molecular weight is 273 g/mol. The minimum atomic E-state index is -3.55. The Balaban J connectivity index is 2.67. The lowest BCUT2D eigenvalue weighted by Crippen LogP contribution is -2.29. The summed E-state index contributed by atoms with van der Waals surface area (Å²) in [5, 5.41) is 8.84. The molecule has 18 heavy (non-hydrogen) atoms. The fourth-order valence-corrected chi connectivity index (χ4v) is 2.56. The number of rotatable bonds is 7. The number of anilines is 1. The second-order valence-corrected chi connectivity index (χ2v) is 5.82. The van der Waals surface area contributed by atoms with Gasteiger partial charge in [-0.15, -0.1) is 0 Å². The van der Waals surface area contributed by atoms with Crippen LogP contribution in [0.3, 0.4) is 0 Å². The van der Waals surface area contributed by atoms with Crippen LogP contribution in [0.4, 0.5) is 5.82 Å². The number of nitrogens with one attached hydrogen (secondary N) is 1. The van der Waals surface area contributed by atoms with Crippen LogP contribution in [0.15, 0.2) is 23.2 Å². The predicted molar refractivity (Wildman–Crippen MR) is 69.3 cm³/mol. The van der Waals surface area contributed by atoms with Crippen LogP contribution in [0.5, 0.6) is 0 Å². The molecule has 1 unspecified atom stereocenters. The van der Waals surface area contributed by atoms with Gasteiger partial charge in [0, 0.05) is 19.3 Å². The number of pyridine rings is 1. The molecule has 0 fully saturated rings. The number of sulfonamides is 1. The molecule has 0 spiro atoms. The van der Waals surface area contributed by atoms with E-state index in [0.717, 1.165) is 6.42 Å². The molecule has 1 heterocycles. The standard InChI is InChI=1S/C11H19N3O3S/c1-2-9(5-6-15)7-14-18(16,17)10-3-4-11(12)13-8-10/h3-4,8-9,14-15H,2,5-7H2,1H3,(H2,12,13). The second-order valence-electron chi connectivity index (χ2n) is 4.06. The van der Waals surface area contributed by atoms with Gasteiger partial charge in [-0.05, 0) is 24.5 Å². The SMILES string of the molecule is CCC(CCO)CNS(=O)(=O)c1ccc(N)nc1. The van der Waals surface area contributed by atoms with Crippen molar-refractivity contribution in [3.63, 3.8) is 0 Å². The van der Waals surface area contributed by atoms with Crippen molar-refractivity contribution in [3.8, 4) is 0 Å². The zero-order valence-corrected chi connectivity index (χ0v) is 11.2. The lowest BCUT2D eigenvalue weighted by atomic mass is 10.0. The Morgan fingerprint density at radius 2 is 2.22 bits per heavy atom. The highest BCUT2D eigenvalue weighted by Crippen LogP contribution is 2.11. The van der Waals surface area contributed by atoms with Crippen LogP contribution in [-0.2, 0) is 10.0 Å². The van der Waals surface area contributed by atoms with Gasteiger partial charge in [-0.1, -0.05) is 13.3 Å². The zero-order valence-electron chi connectivity index (χ0n) is 10.3. The molecule has 0 aromatic carbocycles. The maximum atomic E-state index is 11.9. The highest BCUT2D eigenvalue weighted by Gasteiger charge is 2.16. The van der Waals surface area contributed by atoms with Crippen molar-refractivity contribution in [2.45, 2.75) is 24.7 Å². The van der Waals surface area contributed by atoms with E-state index in [0.29, 0.717) is 13.0 Å². The first-order valence-electron chi connectivity index (χ1n) is 5.81. The third kappa shape index (κ3) is 4.25. The molecule has 1 aromatic rings. The number of nitrogens with zero attached hydrogens (tertiary/aromatic N) is 1. The summed E-state index contributed by atoms with van der Waals surface area (Å²) < 4.78 is 26.3. The fourth-order valence-electron chi connectivity index (χ4n) is 1.49. The molecule has 0 saturated carbocycles. The van der Waals surface area contributed by atoms with Gasteiger partial charge in [0.2, 0.25) is 10.0 Å². The third-order valence-corrected chi connectivity index (χ3v) is 4.16. The van der Waals surface area contributed by atoms with Crippen molar-refractivity contribution < 1.29 is 13.5 Å². The summed E-state index contributed by atoms with van der Waals surface area (Å²) in [6.07, 6.45) is 2.62. The van der Waals surface area contributed by atoms with Gasteiger partial charge >= 0.3 is 0 Å². The van der Waals surface area contributed by atoms with Crippen molar-refractivity contribution in [3.05, 3.63) is 18.3 Å². The number of aliphatic hydroxyl groups is 1. The van der Waals surface area contributed by atoms with E-state index in [9.17, 15) is 8.42 Å². The summed E-state index contributed by atoms with van der Waals surface area (Å²) >= 11 is 0. The molecule has 0 aliphatic rings. The molecule has 0 radical (unpaired) electrons. The molecule has 6 nitrogen and oxygen atoms in total. The van der Waals surface area contributed by atoms with Crippen LogP contribution < -0.4 is 10.5 Å². The van der Waals surface area contributed by atoms with Crippen LogP contribution in [0.1, 0.15) is 19.8 Å². The Hall–Kier alpha value is -1.18. The van der Waals surface area contributed by atoms with Gasteiger partial charge in [0.1, 0.15) is 10.7 Å². The van der Waals surface area contributed by atoms with E-state index < -0.39 is 10.0 Å². The monoisotopic (exact) mass is 273 g/mol. The molecule has 1 aromatic heterocycles. The summed E-state index contributed by atoms with van der Waals surface area (Å²) in [4.78, 5) is 3.84. The normalized spacial score (nSPS) is 13.4. The number of nitrogens with two attached hydrogens (primary N) is 1. The fraction of sp³-hybridized carbons (Fsp3) is 0.545. The van der Waals surface area contributed by atoms with Crippen molar-refractivity contribution in [1.82, 2.24) is 9.71 Å². The van der Waals surface area contributed by atoms with Crippen LogP contribution >= 0.6 is 0 Å². The Morgan fingerprint density at radius 1 is 1.50 bits per heavy atom. The number of aromatic nitrogens is 1. The third-order valence-electron chi connectivity index (χ3n) is 2.75. The second kappa shape index (κ2) is 6.67. The predicted octanol–water partition coefficient (Wildman–Crippen LogP) is 0.351. The van der Waals surface area contributed by atoms with E-state index in [4.69, 9.17) is 10.8 Å². The van der Waals surface area contributed by atoms with Gasteiger partial charge < -0.3 is 10.8 Å². The van der Waals surface area contributed by atoms with Crippen LogP contribution in [-0.4, -0.2) is 31.7 Å².